The first-order valence-electron chi connectivity index (χ1n) is 6.97. The summed E-state index contributed by atoms with van der Waals surface area (Å²) in [5.41, 5.74) is 0. The summed E-state index contributed by atoms with van der Waals surface area (Å²) >= 11 is 0. The number of esters is 2. The van der Waals surface area contributed by atoms with E-state index in [0.29, 0.717) is 0 Å². The van der Waals surface area contributed by atoms with Crippen LogP contribution in [0.5, 0.6) is 0 Å². The molecule has 116 valence electrons. The minimum Gasteiger partial charge on any atom is -0.393 e. The Kier molecular flexibility index (Phi) is 7.35. The maximum atomic E-state index is 11.3. The molecule has 0 bridgehead atoms. The summed E-state index contributed by atoms with van der Waals surface area (Å²) in [7, 11) is 2.40. The molecule has 0 amide bonds. The van der Waals surface area contributed by atoms with Crippen LogP contribution in [0.3, 0.4) is 0 Å². The molecule has 0 saturated carbocycles. The van der Waals surface area contributed by atoms with Crippen molar-refractivity contribution in [1.82, 2.24) is 0 Å². The third-order valence-electron chi connectivity index (χ3n) is 3.68. The van der Waals surface area contributed by atoms with E-state index in [1.165, 1.54) is 0 Å². The van der Waals surface area contributed by atoms with E-state index in [1.54, 1.807) is 21.3 Å². The van der Waals surface area contributed by atoms with E-state index in [1.807, 2.05) is 0 Å². The average molecular weight is 304 g/mol. The number of unbranched alkanes of at least 4 members (excludes halogenated alkanes) is 3. The van der Waals surface area contributed by atoms with Crippen molar-refractivity contribution < 1.29 is 27.6 Å². The molecule has 1 unspecified atom stereocenters. The number of rotatable bonds is 10. The minimum atomic E-state index is -2.44. The molecule has 1 atom stereocenters. The maximum Gasteiger partial charge on any atom is 0.500 e. The zero-order valence-electron chi connectivity index (χ0n) is 12.5. The van der Waals surface area contributed by atoms with Gasteiger partial charge in [-0.3, -0.25) is 9.59 Å². The molecule has 6 nitrogen and oxygen atoms in total. The molecular weight excluding hydrogens is 280 g/mol. The lowest BCUT2D eigenvalue weighted by Gasteiger charge is -2.24. The van der Waals surface area contributed by atoms with Crippen LogP contribution in [-0.4, -0.2) is 42.1 Å². The molecule has 0 aromatic rings. The van der Waals surface area contributed by atoms with Crippen LogP contribution in [0.1, 0.15) is 38.5 Å². The van der Waals surface area contributed by atoms with Crippen molar-refractivity contribution >= 4 is 20.7 Å². The first-order valence-corrected chi connectivity index (χ1v) is 8.90. The largest absolute Gasteiger partial charge is 0.500 e. The third-order valence-corrected chi connectivity index (χ3v) is 6.51. The monoisotopic (exact) mass is 304 g/mol. The Morgan fingerprint density at radius 1 is 1.05 bits per heavy atom. The Balaban J connectivity index is 2.10. The lowest BCUT2D eigenvalue weighted by atomic mass is 9.99. The molecule has 1 fully saturated rings. The Bertz CT molecular complexity index is 321. The number of carbonyl (C=O) groups is 2. The van der Waals surface area contributed by atoms with Gasteiger partial charge in [-0.2, -0.15) is 0 Å². The lowest BCUT2D eigenvalue weighted by molar-refractivity contribution is -0.153. The second kappa shape index (κ2) is 8.51. The minimum absolute atomic E-state index is 0.229. The number of hydrogen-bond donors (Lipinski definition) is 0. The van der Waals surface area contributed by atoms with Crippen molar-refractivity contribution in [3.8, 4) is 0 Å². The van der Waals surface area contributed by atoms with Gasteiger partial charge in [-0.05, 0) is 12.8 Å². The van der Waals surface area contributed by atoms with Crippen molar-refractivity contribution in [3.63, 3.8) is 0 Å². The van der Waals surface area contributed by atoms with E-state index in [4.69, 9.17) is 13.3 Å². The predicted molar refractivity (Wildman–Crippen MR) is 73.9 cm³/mol. The van der Waals surface area contributed by atoms with Gasteiger partial charge in [-0.15, -0.1) is 0 Å². The van der Waals surface area contributed by atoms with Gasteiger partial charge >= 0.3 is 20.7 Å². The van der Waals surface area contributed by atoms with Gasteiger partial charge in [0.15, 0.2) is 0 Å². The van der Waals surface area contributed by atoms with Crippen molar-refractivity contribution in [1.29, 1.82) is 0 Å². The molecule has 0 N–H and O–H groups in total. The molecule has 0 aromatic carbocycles. The Morgan fingerprint density at radius 2 is 1.65 bits per heavy atom. The molecule has 0 radical (unpaired) electrons. The summed E-state index contributed by atoms with van der Waals surface area (Å²) in [6, 6.07) is 0.792. The Hall–Kier alpha value is -0.763. The molecule has 1 aliphatic rings. The molecule has 0 aromatic heterocycles. The first-order chi connectivity index (χ1) is 9.56. The predicted octanol–water partition coefficient (Wildman–Crippen LogP) is 1.90. The van der Waals surface area contributed by atoms with E-state index < -0.39 is 14.8 Å². The third kappa shape index (κ3) is 4.97. The summed E-state index contributed by atoms with van der Waals surface area (Å²) < 4.78 is 20.6. The van der Waals surface area contributed by atoms with Crippen LogP contribution < -0.4 is 0 Å². The molecule has 1 rings (SSSR count). The van der Waals surface area contributed by atoms with Gasteiger partial charge in [-0.25, -0.2) is 0 Å². The topological polar surface area (TPSA) is 71.1 Å². The average Bonchev–Trinajstić information content (AvgIpc) is 2.77. The van der Waals surface area contributed by atoms with Crippen LogP contribution in [0.2, 0.25) is 6.04 Å². The van der Waals surface area contributed by atoms with Crippen LogP contribution in [0, 0.1) is 5.92 Å². The standard InChI is InChI=1S/C13H24O6Si/c1-16-20(17-2,18-3)9-7-5-4-6-8-11-10-12(14)19-13(11)15/h11H,4-10H2,1-3H3. The number of cyclic esters (lactones) is 2. The molecule has 1 aliphatic heterocycles. The second-order valence-corrected chi connectivity index (χ2v) is 8.03. The van der Waals surface area contributed by atoms with Crippen LogP contribution >= 0.6 is 0 Å². The fourth-order valence-corrected chi connectivity index (χ4v) is 4.18. The molecule has 7 heteroatoms. The van der Waals surface area contributed by atoms with Crippen molar-refractivity contribution in [2.75, 3.05) is 21.3 Å². The molecule has 1 heterocycles. The molecule has 1 saturated heterocycles. The van der Waals surface area contributed by atoms with E-state index in [9.17, 15) is 9.59 Å². The zero-order valence-corrected chi connectivity index (χ0v) is 13.5. The normalized spacial score (nSPS) is 19.4. The van der Waals surface area contributed by atoms with Gasteiger partial charge in [0.1, 0.15) is 0 Å². The molecule has 0 spiro atoms. The fourth-order valence-electron chi connectivity index (χ4n) is 2.38. The highest BCUT2D eigenvalue weighted by Crippen LogP contribution is 2.23. The van der Waals surface area contributed by atoms with E-state index >= 15 is 0 Å². The maximum absolute atomic E-state index is 11.3. The van der Waals surface area contributed by atoms with Gasteiger partial charge in [0, 0.05) is 27.4 Å². The highest BCUT2D eigenvalue weighted by Gasteiger charge is 2.36. The number of carbonyl (C=O) groups excluding carboxylic acids is 2. The summed E-state index contributed by atoms with van der Waals surface area (Å²) in [4.78, 5) is 22.2. The zero-order chi connectivity index (χ0) is 15.0. The molecule has 20 heavy (non-hydrogen) atoms. The van der Waals surface area contributed by atoms with Crippen LogP contribution in [0.4, 0.5) is 0 Å². The van der Waals surface area contributed by atoms with E-state index in [2.05, 4.69) is 4.74 Å². The Morgan fingerprint density at radius 3 is 2.15 bits per heavy atom. The van der Waals surface area contributed by atoms with Crippen LogP contribution in [0.15, 0.2) is 0 Å². The fraction of sp³-hybridized carbons (Fsp3) is 0.846. The van der Waals surface area contributed by atoms with Crippen molar-refractivity contribution in [2.45, 2.75) is 44.6 Å². The Labute approximate surface area is 121 Å². The number of hydrogen-bond acceptors (Lipinski definition) is 6. The van der Waals surface area contributed by atoms with E-state index in [-0.39, 0.29) is 18.3 Å². The summed E-state index contributed by atoms with van der Waals surface area (Å²) in [6.45, 7) is 0. The number of ether oxygens (including phenoxy) is 1. The van der Waals surface area contributed by atoms with Gasteiger partial charge in [0.05, 0.1) is 12.3 Å². The highest BCUT2D eigenvalue weighted by atomic mass is 28.4. The quantitative estimate of drug-likeness (QED) is 0.266. The first kappa shape index (κ1) is 17.3. The van der Waals surface area contributed by atoms with Gasteiger partial charge in [0.2, 0.25) is 0 Å². The molecule has 0 aliphatic carbocycles. The summed E-state index contributed by atoms with van der Waals surface area (Å²) in [6.07, 6.45) is 4.91. The van der Waals surface area contributed by atoms with Gasteiger partial charge in [-0.1, -0.05) is 19.3 Å². The summed E-state index contributed by atoms with van der Waals surface area (Å²) in [5, 5.41) is 0. The SMILES string of the molecule is CO[Si](CCCCCCC1CC(=O)OC1=O)(OC)OC. The van der Waals surface area contributed by atoms with Gasteiger partial charge < -0.3 is 18.0 Å². The summed E-state index contributed by atoms with van der Waals surface area (Å²) in [5.74, 6) is -0.983. The van der Waals surface area contributed by atoms with Crippen molar-refractivity contribution in [3.05, 3.63) is 0 Å². The smallest absolute Gasteiger partial charge is 0.393 e. The van der Waals surface area contributed by atoms with Crippen molar-refractivity contribution in [2.24, 2.45) is 5.92 Å². The van der Waals surface area contributed by atoms with Gasteiger partial charge in [0.25, 0.3) is 0 Å². The van der Waals surface area contributed by atoms with Crippen LogP contribution in [-0.2, 0) is 27.6 Å². The highest BCUT2D eigenvalue weighted by molar-refractivity contribution is 6.60. The lowest BCUT2D eigenvalue weighted by Crippen LogP contribution is -2.42. The van der Waals surface area contributed by atoms with Crippen LogP contribution in [0.25, 0.3) is 0 Å². The second-order valence-electron chi connectivity index (χ2n) is 4.94. The molecular formula is C13H24O6Si. The van der Waals surface area contributed by atoms with E-state index in [0.717, 1.165) is 38.1 Å².